The van der Waals surface area contributed by atoms with Gasteiger partial charge in [0.2, 0.25) is 0 Å². The summed E-state index contributed by atoms with van der Waals surface area (Å²) in [5.41, 5.74) is 0. The maximum absolute atomic E-state index is 10.8. The van der Waals surface area contributed by atoms with Crippen LogP contribution in [0.1, 0.15) is 33.6 Å². The molecular weight excluding hydrogens is 180 g/mol. The van der Waals surface area contributed by atoms with Gasteiger partial charge in [-0.3, -0.25) is 0 Å². The molecule has 0 heterocycles. The third-order valence-electron chi connectivity index (χ3n) is 1.34. The van der Waals surface area contributed by atoms with Crippen LogP contribution in [0.2, 0.25) is 0 Å². The molecule has 0 aromatic carbocycles. The lowest BCUT2D eigenvalue weighted by atomic mass is 10.2. The van der Waals surface area contributed by atoms with Crippen LogP contribution < -0.4 is 0 Å². The second kappa shape index (κ2) is 8.35. The fourth-order valence-electron chi connectivity index (χ4n) is 0.618. The number of unbranched alkanes of at least 4 members (excludes halogenated alkanes) is 1. The highest BCUT2D eigenvalue weighted by atomic mass is 16.7. The average Bonchev–Trinajstić information content (AvgIpc) is 2.12. The lowest BCUT2D eigenvalue weighted by Gasteiger charge is -1.97. The molecule has 0 saturated carbocycles. The Kier molecular flexibility index (Phi) is 7.61. The van der Waals surface area contributed by atoms with Crippen molar-refractivity contribution < 1.29 is 14.3 Å². The zero-order chi connectivity index (χ0) is 10.8. The first-order chi connectivity index (χ1) is 6.66. The van der Waals surface area contributed by atoms with E-state index in [-0.39, 0.29) is 0 Å². The molecule has 0 aliphatic rings. The van der Waals surface area contributed by atoms with Gasteiger partial charge in [-0.25, -0.2) is 4.79 Å². The second-order valence-corrected chi connectivity index (χ2v) is 3.22. The Bertz CT molecular complexity index is 205. The minimum absolute atomic E-state index is 0.360. The van der Waals surface area contributed by atoms with Crippen molar-refractivity contribution in [3.05, 3.63) is 24.7 Å². The van der Waals surface area contributed by atoms with Gasteiger partial charge in [0.05, 0.1) is 12.5 Å². The Balaban J connectivity index is 3.56. The molecule has 0 radical (unpaired) electrons. The third kappa shape index (κ3) is 8.84. The van der Waals surface area contributed by atoms with E-state index in [9.17, 15) is 4.79 Å². The molecule has 0 saturated heterocycles. The van der Waals surface area contributed by atoms with Gasteiger partial charge < -0.3 is 9.47 Å². The summed E-state index contributed by atoms with van der Waals surface area (Å²) >= 11 is 0. The van der Waals surface area contributed by atoms with Crippen molar-refractivity contribution in [2.24, 2.45) is 5.92 Å². The summed E-state index contributed by atoms with van der Waals surface area (Å²) in [4.78, 5) is 10.8. The minimum Gasteiger partial charge on any atom is -0.403 e. The van der Waals surface area contributed by atoms with Gasteiger partial charge in [0.15, 0.2) is 0 Å². The van der Waals surface area contributed by atoms with Crippen molar-refractivity contribution in [3.8, 4) is 0 Å². The van der Waals surface area contributed by atoms with Gasteiger partial charge >= 0.3 is 6.16 Å². The predicted molar refractivity (Wildman–Crippen MR) is 55.6 cm³/mol. The standard InChI is InChI=1S/C11H18O3/c1-4-5-6-8-13-11(12)14-9-7-10(2)3/h6-10H,4-5H2,1-3H3. The van der Waals surface area contributed by atoms with Crippen molar-refractivity contribution in [3.63, 3.8) is 0 Å². The van der Waals surface area contributed by atoms with E-state index in [2.05, 4.69) is 9.47 Å². The number of carbonyl (C=O) groups is 1. The van der Waals surface area contributed by atoms with E-state index >= 15 is 0 Å². The second-order valence-electron chi connectivity index (χ2n) is 3.22. The molecule has 0 spiro atoms. The fraction of sp³-hybridized carbons (Fsp3) is 0.545. The van der Waals surface area contributed by atoms with Gasteiger partial charge in [0.1, 0.15) is 0 Å². The Morgan fingerprint density at radius 2 is 1.93 bits per heavy atom. The SMILES string of the molecule is CCCC=COC(=O)OC=CC(C)C. The zero-order valence-corrected chi connectivity index (χ0v) is 9.03. The summed E-state index contributed by atoms with van der Waals surface area (Å²) < 4.78 is 9.27. The molecule has 0 bridgehead atoms. The van der Waals surface area contributed by atoms with Gasteiger partial charge in [-0.1, -0.05) is 27.2 Å². The predicted octanol–water partition coefficient (Wildman–Crippen LogP) is 3.62. The topological polar surface area (TPSA) is 35.5 Å². The van der Waals surface area contributed by atoms with Crippen LogP contribution in [0.15, 0.2) is 24.7 Å². The summed E-state index contributed by atoms with van der Waals surface area (Å²) in [5.74, 6) is 0.360. The molecule has 0 aliphatic carbocycles. The smallest absolute Gasteiger partial charge is 0.403 e. The summed E-state index contributed by atoms with van der Waals surface area (Å²) in [5, 5.41) is 0. The first kappa shape index (κ1) is 12.8. The molecule has 0 aromatic rings. The van der Waals surface area contributed by atoms with Gasteiger partial charge in [0, 0.05) is 0 Å². The van der Waals surface area contributed by atoms with Crippen LogP contribution in [-0.4, -0.2) is 6.16 Å². The Morgan fingerprint density at radius 3 is 2.50 bits per heavy atom. The molecule has 3 nitrogen and oxygen atoms in total. The first-order valence-electron chi connectivity index (χ1n) is 4.85. The van der Waals surface area contributed by atoms with Crippen molar-refractivity contribution in [2.45, 2.75) is 33.6 Å². The quantitative estimate of drug-likeness (QED) is 0.500. The molecule has 0 amide bonds. The van der Waals surface area contributed by atoms with Crippen molar-refractivity contribution in [1.82, 2.24) is 0 Å². The molecule has 0 fully saturated rings. The van der Waals surface area contributed by atoms with E-state index in [1.165, 1.54) is 12.5 Å². The van der Waals surface area contributed by atoms with E-state index in [1.807, 2.05) is 20.8 Å². The molecule has 0 aromatic heterocycles. The summed E-state index contributed by atoms with van der Waals surface area (Å²) in [6.45, 7) is 6.03. The molecule has 0 unspecified atom stereocenters. The van der Waals surface area contributed by atoms with Crippen LogP contribution in [0.3, 0.4) is 0 Å². The summed E-state index contributed by atoms with van der Waals surface area (Å²) in [7, 11) is 0. The van der Waals surface area contributed by atoms with Crippen molar-refractivity contribution in [2.75, 3.05) is 0 Å². The monoisotopic (exact) mass is 198 g/mol. The molecule has 80 valence electrons. The maximum Gasteiger partial charge on any atom is 0.518 e. The Hall–Kier alpha value is -1.25. The maximum atomic E-state index is 10.8. The Morgan fingerprint density at radius 1 is 1.29 bits per heavy atom. The van der Waals surface area contributed by atoms with Gasteiger partial charge in [-0.15, -0.1) is 0 Å². The number of rotatable bonds is 5. The average molecular weight is 198 g/mol. The lowest BCUT2D eigenvalue weighted by molar-refractivity contribution is 0.119. The van der Waals surface area contributed by atoms with Gasteiger partial charge in [-0.05, 0) is 24.5 Å². The van der Waals surface area contributed by atoms with Crippen LogP contribution in [0.4, 0.5) is 4.79 Å². The first-order valence-corrected chi connectivity index (χ1v) is 4.85. The van der Waals surface area contributed by atoms with E-state index in [1.54, 1.807) is 12.2 Å². The van der Waals surface area contributed by atoms with Crippen LogP contribution >= 0.6 is 0 Å². The van der Waals surface area contributed by atoms with Crippen molar-refractivity contribution >= 4 is 6.16 Å². The van der Waals surface area contributed by atoms with Crippen molar-refractivity contribution in [1.29, 1.82) is 0 Å². The number of ether oxygens (including phenoxy) is 2. The molecule has 0 atom stereocenters. The minimum atomic E-state index is -0.700. The number of allylic oxidation sites excluding steroid dienone is 2. The van der Waals surface area contributed by atoms with Crippen LogP contribution in [0, 0.1) is 5.92 Å². The highest BCUT2D eigenvalue weighted by molar-refractivity contribution is 5.61. The Labute approximate surface area is 85.4 Å². The van der Waals surface area contributed by atoms with E-state index in [0.29, 0.717) is 5.92 Å². The van der Waals surface area contributed by atoms with E-state index in [0.717, 1.165) is 12.8 Å². The van der Waals surface area contributed by atoms with Crippen LogP contribution in [0.5, 0.6) is 0 Å². The lowest BCUT2D eigenvalue weighted by Crippen LogP contribution is -1.98. The highest BCUT2D eigenvalue weighted by Crippen LogP contribution is 1.96. The molecule has 14 heavy (non-hydrogen) atoms. The zero-order valence-electron chi connectivity index (χ0n) is 9.03. The number of hydrogen-bond acceptors (Lipinski definition) is 3. The van der Waals surface area contributed by atoms with Gasteiger partial charge in [-0.2, -0.15) is 0 Å². The van der Waals surface area contributed by atoms with E-state index < -0.39 is 6.16 Å². The number of hydrogen-bond donors (Lipinski definition) is 0. The molecule has 0 aliphatic heterocycles. The third-order valence-corrected chi connectivity index (χ3v) is 1.34. The molecule has 0 rings (SSSR count). The van der Waals surface area contributed by atoms with Gasteiger partial charge in [0.25, 0.3) is 0 Å². The molecule has 0 N–H and O–H groups in total. The largest absolute Gasteiger partial charge is 0.518 e. The van der Waals surface area contributed by atoms with Crippen LogP contribution in [-0.2, 0) is 9.47 Å². The highest BCUT2D eigenvalue weighted by Gasteiger charge is 1.97. The summed E-state index contributed by atoms with van der Waals surface area (Å²) in [6, 6.07) is 0. The molecule has 3 heteroatoms. The fourth-order valence-corrected chi connectivity index (χ4v) is 0.618. The van der Waals surface area contributed by atoms with Crippen LogP contribution in [0.25, 0.3) is 0 Å². The normalized spacial score (nSPS) is 11.4. The molecular formula is C11H18O3. The number of carbonyl (C=O) groups excluding carboxylic acids is 1. The van der Waals surface area contributed by atoms with E-state index in [4.69, 9.17) is 0 Å². The summed E-state index contributed by atoms with van der Waals surface area (Å²) in [6.07, 6.45) is 7.49.